The van der Waals surface area contributed by atoms with Gasteiger partial charge < -0.3 is 4.74 Å². The topological polar surface area (TPSA) is 92.8 Å². The number of benzene rings is 1. The van der Waals surface area contributed by atoms with Crippen LogP contribution in [0, 0.1) is 0 Å². The lowest BCUT2D eigenvalue weighted by Crippen LogP contribution is -2.23. The van der Waals surface area contributed by atoms with Crippen LogP contribution < -0.4 is 9.46 Å². The molecule has 1 N–H and O–H groups in total. The van der Waals surface area contributed by atoms with Crippen molar-refractivity contribution in [2.45, 2.75) is 16.0 Å². The van der Waals surface area contributed by atoms with E-state index in [1.807, 2.05) is 0 Å². The average molecular weight is 391 g/mol. The van der Waals surface area contributed by atoms with E-state index < -0.39 is 20.0 Å². The third kappa shape index (κ3) is 3.89. The van der Waals surface area contributed by atoms with Gasteiger partial charge in [0.1, 0.15) is 14.9 Å². The molecule has 0 saturated heterocycles. The van der Waals surface area contributed by atoms with Gasteiger partial charge in [-0.3, -0.25) is 4.72 Å². The van der Waals surface area contributed by atoms with Crippen molar-refractivity contribution >= 4 is 37.1 Å². The normalized spacial score (nSPS) is 12.3. The van der Waals surface area contributed by atoms with Gasteiger partial charge in [0.05, 0.1) is 12.3 Å². The molecule has 10 heteroatoms. The van der Waals surface area contributed by atoms with Gasteiger partial charge in [-0.1, -0.05) is 6.07 Å². The van der Waals surface area contributed by atoms with Crippen molar-refractivity contribution in [3.63, 3.8) is 0 Å². The van der Waals surface area contributed by atoms with Crippen molar-refractivity contribution in [1.82, 2.24) is 4.31 Å². The van der Waals surface area contributed by atoms with Crippen LogP contribution in [0.25, 0.3) is 0 Å². The van der Waals surface area contributed by atoms with E-state index in [0.29, 0.717) is 0 Å². The van der Waals surface area contributed by atoms with Gasteiger partial charge in [0.2, 0.25) is 10.0 Å². The Balaban J connectivity index is 2.47. The van der Waals surface area contributed by atoms with Gasteiger partial charge in [0.25, 0.3) is 10.0 Å². The van der Waals surface area contributed by atoms with E-state index in [2.05, 4.69) is 4.72 Å². The van der Waals surface area contributed by atoms with Crippen molar-refractivity contribution in [3.05, 3.63) is 35.7 Å². The molecule has 0 fully saturated rings. The molecule has 7 nitrogen and oxygen atoms in total. The summed E-state index contributed by atoms with van der Waals surface area (Å²) in [6.45, 7) is 2.02. The lowest BCUT2D eigenvalue weighted by molar-refractivity contribution is 0.330. The SMILES string of the molecule is CCOc1ccc(NS(=O)(=O)c2cccs2)cc1S(=O)(=O)N(C)C. The summed E-state index contributed by atoms with van der Waals surface area (Å²) in [5.74, 6) is 0.172. The monoisotopic (exact) mass is 390 g/mol. The summed E-state index contributed by atoms with van der Waals surface area (Å²) in [4.78, 5) is -0.0965. The van der Waals surface area contributed by atoms with Gasteiger partial charge in [-0.25, -0.2) is 21.1 Å². The summed E-state index contributed by atoms with van der Waals surface area (Å²) >= 11 is 1.07. The highest BCUT2D eigenvalue weighted by Gasteiger charge is 2.24. The zero-order valence-corrected chi connectivity index (χ0v) is 15.8. The molecule has 0 bridgehead atoms. The summed E-state index contributed by atoms with van der Waals surface area (Å²) in [5, 5.41) is 1.65. The Labute approximate surface area is 146 Å². The van der Waals surface area contributed by atoms with E-state index in [1.165, 1.54) is 38.4 Å². The highest BCUT2D eigenvalue weighted by molar-refractivity contribution is 7.94. The maximum absolute atomic E-state index is 12.4. The number of nitrogens with one attached hydrogen (secondary N) is 1. The molecule has 1 aromatic carbocycles. The molecule has 2 aromatic rings. The van der Waals surface area contributed by atoms with Crippen LogP contribution in [0.3, 0.4) is 0 Å². The summed E-state index contributed by atoms with van der Waals surface area (Å²) in [7, 11) is -4.75. The number of thiophene rings is 1. The fraction of sp³-hybridized carbons (Fsp3) is 0.286. The Morgan fingerprint density at radius 3 is 2.42 bits per heavy atom. The molecule has 132 valence electrons. The van der Waals surface area contributed by atoms with Crippen LogP contribution in [0.15, 0.2) is 44.8 Å². The minimum atomic E-state index is -3.79. The van der Waals surface area contributed by atoms with Gasteiger partial charge in [-0.05, 0) is 36.6 Å². The fourth-order valence-corrected chi connectivity index (χ4v) is 4.96. The average Bonchev–Trinajstić information content (AvgIpc) is 3.03. The Morgan fingerprint density at radius 2 is 1.88 bits per heavy atom. The molecule has 0 amide bonds. The standard InChI is InChI=1S/C14H18N2O5S3/c1-4-21-12-8-7-11(10-13(12)24(19,20)16(2)3)15-23(17,18)14-6-5-9-22-14/h5-10,15H,4H2,1-3H3. The summed E-state index contributed by atoms with van der Waals surface area (Å²) in [6.07, 6.45) is 0. The predicted octanol–water partition coefficient (Wildman–Crippen LogP) is 2.20. The van der Waals surface area contributed by atoms with Crippen molar-refractivity contribution in [3.8, 4) is 5.75 Å². The minimum Gasteiger partial charge on any atom is -0.492 e. The molecule has 0 saturated carbocycles. The van der Waals surface area contributed by atoms with Gasteiger partial charge >= 0.3 is 0 Å². The Kier molecular flexibility index (Phi) is 5.53. The first kappa shape index (κ1) is 18.7. The number of hydrogen-bond donors (Lipinski definition) is 1. The molecule has 24 heavy (non-hydrogen) atoms. The second kappa shape index (κ2) is 7.09. The number of anilines is 1. The van der Waals surface area contributed by atoms with Crippen LogP contribution in [-0.4, -0.2) is 41.8 Å². The van der Waals surface area contributed by atoms with E-state index in [0.717, 1.165) is 15.6 Å². The molecule has 0 unspecified atom stereocenters. The number of sulfonamides is 2. The van der Waals surface area contributed by atoms with Crippen LogP contribution in [0.4, 0.5) is 5.69 Å². The van der Waals surface area contributed by atoms with Crippen molar-refractivity contribution in [2.75, 3.05) is 25.4 Å². The van der Waals surface area contributed by atoms with Crippen LogP contribution in [0.2, 0.25) is 0 Å². The van der Waals surface area contributed by atoms with E-state index in [1.54, 1.807) is 18.4 Å². The first-order chi connectivity index (χ1) is 11.2. The first-order valence-corrected chi connectivity index (χ1v) is 10.7. The van der Waals surface area contributed by atoms with E-state index in [4.69, 9.17) is 4.74 Å². The maximum Gasteiger partial charge on any atom is 0.271 e. The molecule has 0 spiro atoms. The van der Waals surface area contributed by atoms with Crippen molar-refractivity contribution in [1.29, 1.82) is 0 Å². The van der Waals surface area contributed by atoms with Crippen LogP contribution in [-0.2, 0) is 20.0 Å². The minimum absolute atomic E-state index is 0.0965. The van der Waals surface area contributed by atoms with Crippen LogP contribution in [0.1, 0.15) is 6.92 Å². The number of rotatable bonds is 7. The van der Waals surface area contributed by atoms with E-state index in [-0.39, 0.29) is 27.1 Å². The smallest absolute Gasteiger partial charge is 0.271 e. The van der Waals surface area contributed by atoms with Gasteiger partial charge in [0, 0.05) is 14.1 Å². The molecule has 0 atom stereocenters. The van der Waals surface area contributed by atoms with E-state index in [9.17, 15) is 16.8 Å². The summed E-state index contributed by atoms with van der Waals surface area (Å²) in [5.41, 5.74) is 0.146. The first-order valence-electron chi connectivity index (χ1n) is 6.94. The highest BCUT2D eigenvalue weighted by Crippen LogP contribution is 2.30. The quantitative estimate of drug-likeness (QED) is 0.782. The summed E-state index contributed by atoms with van der Waals surface area (Å²) < 4.78 is 58.4. The second-order valence-corrected chi connectivity index (χ2v) is 9.90. The predicted molar refractivity (Wildman–Crippen MR) is 93.6 cm³/mol. The third-order valence-electron chi connectivity index (χ3n) is 3.01. The Morgan fingerprint density at radius 1 is 1.17 bits per heavy atom. The molecular formula is C14H18N2O5S3. The summed E-state index contributed by atoms with van der Waals surface area (Å²) in [6, 6.07) is 7.25. The zero-order chi connectivity index (χ0) is 18.0. The molecule has 0 aliphatic rings. The molecular weight excluding hydrogens is 372 g/mol. The van der Waals surface area contributed by atoms with Gasteiger partial charge in [-0.15, -0.1) is 11.3 Å². The molecule has 0 aliphatic heterocycles. The lowest BCUT2D eigenvalue weighted by atomic mass is 10.3. The van der Waals surface area contributed by atoms with Gasteiger partial charge in [0.15, 0.2) is 0 Å². The molecule has 1 heterocycles. The Bertz CT molecular complexity index is 904. The zero-order valence-electron chi connectivity index (χ0n) is 13.4. The largest absolute Gasteiger partial charge is 0.492 e. The molecule has 0 radical (unpaired) electrons. The molecule has 2 rings (SSSR count). The van der Waals surface area contributed by atoms with Crippen molar-refractivity contribution in [2.24, 2.45) is 0 Å². The lowest BCUT2D eigenvalue weighted by Gasteiger charge is -2.16. The fourth-order valence-electron chi connectivity index (χ4n) is 1.87. The van der Waals surface area contributed by atoms with Crippen LogP contribution >= 0.6 is 11.3 Å². The molecule has 0 aliphatic carbocycles. The van der Waals surface area contributed by atoms with Gasteiger partial charge in [-0.2, -0.15) is 0 Å². The van der Waals surface area contributed by atoms with E-state index >= 15 is 0 Å². The highest BCUT2D eigenvalue weighted by atomic mass is 32.2. The molecule has 1 aromatic heterocycles. The third-order valence-corrected chi connectivity index (χ3v) is 7.63. The second-order valence-electron chi connectivity index (χ2n) is 4.92. The maximum atomic E-state index is 12.4. The number of ether oxygens (including phenoxy) is 1. The Hall–Kier alpha value is -1.62. The number of hydrogen-bond acceptors (Lipinski definition) is 6. The van der Waals surface area contributed by atoms with Crippen molar-refractivity contribution < 1.29 is 21.6 Å². The van der Waals surface area contributed by atoms with Crippen LogP contribution in [0.5, 0.6) is 5.75 Å². The number of nitrogens with zero attached hydrogens (tertiary/aromatic N) is 1.